The number of benzene rings is 1. The van der Waals surface area contributed by atoms with E-state index in [-0.39, 0.29) is 12.3 Å². The van der Waals surface area contributed by atoms with Crippen LogP contribution in [-0.4, -0.2) is 43.2 Å². The maximum atomic E-state index is 12.0. The first kappa shape index (κ1) is 19.0. The molecule has 0 amide bonds. The molecule has 138 valence electrons. The van der Waals surface area contributed by atoms with Crippen molar-refractivity contribution in [3.8, 4) is 11.5 Å². The number of esters is 1. The van der Waals surface area contributed by atoms with E-state index in [0.29, 0.717) is 35.8 Å². The Morgan fingerprint density at radius 2 is 1.96 bits per heavy atom. The van der Waals surface area contributed by atoms with Gasteiger partial charge in [-0.2, -0.15) is 0 Å². The molecule has 1 aromatic heterocycles. The number of rotatable bonds is 9. The number of carbonyl (C=O) groups is 1. The molecular weight excluding hydrogens is 342 g/mol. The van der Waals surface area contributed by atoms with Crippen LogP contribution in [0.3, 0.4) is 0 Å². The number of nitro groups is 1. The summed E-state index contributed by atoms with van der Waals surface area (Å²) in [7, 11) is 3.01. The third-order valence-corrected chi connectivity index (χ3v) is 3.44. The lowest BCUT2D eigenvalue weighted by molar-refractivity contribution is -0.385. The summed E-state index contributed by atoms with van der Waals surface area (Å²) in [6.07, 6.45) is 1.73. The van der Waals surface area contributed by atoms with E-state index in [1.54, 1.807) is 18.2 Å². The number of carbonyl (C=O) groups excluding carboxylic acids is 1. The Balaban J connectivity index is 1.75. The average Bonchev–Trinajstić information content (AvgIpc) is 2.67. The van der Waals surface area contributed by atoms with E-state index in [0.717, 1.165) is 0 Å². The van der Waals surface area contributed by atoms with Crippen LogP contribution >= 0.6 is 0 Å². The molecule has 0 aliphatic heterocycles. The number of hydrogen-bond donors (Lipinski definition) is 1. The van der Waals surface area contributed by atoms with Gasteiger partial charge in [-0.25, -0.2) is 9.78 Å². The molecule has 0 saturated carbocycles. The first-order chi connectivity index (χ1) is 12.5. The van der Waals surface area contributed by atoms with Gasteiger partial charge < -0.3 is 19.5 Å². The Morgan fingerprint density at radius 3 is 2.58 bits per heavy atom. The van der Waals surface area contributed by atoms with Crippen LogP contribution in [0.25, 0.3) is 0 Å². The zero-order chi connectivity index (χ0) is 18.9. The Hall–Kier alpha value is -3.36. The van der Waals surface area contributed by atoms with Gasteiger partial charge in [0.1, 0.15) is 12.0 Å². The molecule has 1 N–H and O–H groups in total. The minimum absolute atomic E-state index is 0.0700. The van der Waals surface area contributed by atoms with Gasteiger partial charge in [-0.05, 0) is 30.7 Å². The van der Waals surface area contributed by atoms with Crippen LogP contribution < -0.4 is 14.8 Å². The van der Waals surface area contributed by atoms with Crippen molar-refractivity contribution in [1.82, 2.24) is 4.98 Å². The number of hydrogen-bond acceptors (Lipinski definition) is 8. The summed E-state index contributed by atoms with van der Waals surface area (Å²) in [4.78, 5) is 26.0. The van der Waals surface area contributed by atoms with Crippen LogP contribution in [0.4, 0.5) is 11.5 Å². The smallest absolute Gasteiger partial charge is 0.338 e. The summed E-state index contributed by atoms with van der Waals surface area (Å²) < 4.78 is 15.5. The molecule has 0 aliphatic rings. The fourth-order valence-corrected chi connectivity index (χ4v) is 2.10. The van der Waals surface area contributed by atoms with Crippen molar-refractivity contribution >= 4 is 17.5 Å². The zero-order valence-electron chi connectivity index (χ0n) is 14.4. The largest absolute Gasteiger partial charge is 0.493 e. The summed E-state index contributed by atoms with van der Waals surface area (Å²) in [6.45, 7) is 0.719. The van der Waals surface area contributed by atoms with Crippen molar-refractivity contribution in [2.75, 3.05) is 32.7 Å². The molecule has 0 atom stereocenters. The lowest BCUT2D eigenvalue weighted by Crippen LogP contribution is -2.11. The monoisotopic (exact) mass is 361 g/mol. The van der Waals surface area contributed by atoms with Gasteiger partial charge in [0.05, 0.1) is 31.3 Å². The van der Waals surface area contributed by atoms with Crippen LogP contribution in [-0.2, 0) is 4.74 Å². The first-order valence-corrected chi connectivity index (χ1v) is 7.78. The van der Waals surface area contributed by atoms with Gasteiger partial charge in [-0.3, -0.25) is 10.1 Å². The Kier molecular flexibility index (Phi) is 6.72. The molecule has 1 heterocycles. The topological polar surface area (TPSA) is 113 Å². The molecule has 9 nitrogen and oxygen atoms in total. The highest BCUT2D eigenvalue weighted by atomic mass is 16.6. The fourth-order valence-electron chi connectivity index (χ4n) is 2.10. The van der Waals surface area contributed by atoms with Gasteiger partial charge in [0.15, 0.2) is 11.5 Å². The third kappa shape index (κ3) is 5.07. The van der Waals surface area contributed by atoms with Crippen molar-refractivity contribution in [3.05, 3.63) is 52.2 Å². The summed E-state index contributed by atoms with van der Waals surface area (Å²) in [5.74, 6) is 1.04. The average molecular weight is 361 g/mol. The molecule has 0 saturated heterocycles. The second-order valence-corrected chi connectivity index (χ2v) is 5.14. The van der Waals surface area contributed by atoms with Crippen LogP contribution in [0.2, 0.25) is 0 Å². The maximum Gasteiger partial charge on any atom is 0.338 e. The molecule has 0 spiro atoms. The molecule has 2 aromatic rings. The van der Waals surface area contributed by atoms with Crippen molar-refractivity contribution in [2.45, 2.75) is 6.42 Å². The highest BCUT2D eigenvalue weighted by molar-refractivity contribution is 5.90. The number of ether oxygens (including phenoxy) is 3. The standard InChI is InChI=1S/C17H19N3O6/c1-24-14-6-4-12(10-15(14)25-2)17(21)26-9-3-8-18-16-7-5-13(11-19-16)20(22)23/h4-7,10-11H,3,8-9H2,1-2H3,(H,18,19). The summed E-state index contributed by atoms with van der Waals surface area (Å²) >= 11 is 0. The highest BCUT2D eigenvalue weighted by Gasteiger charge is 2.11. The molecular formula is C17H19N3O6. The number of nitrogens with zero attached hydrogens (tertiary/aromatic N) is 2. The van der Waals surface area contributed by atoms with E-state index in [2.05, 4.69) is 10.3 Å². The lowest BCUT2D eigenvalue weighted by Gasteiger charge is -2.10. The number of anilines is 1. The maximum absolute atomic E-state index is 12.0. The molecule has 2 rings (SSSR count). The van der Waals surface area contributed by atoms with Gasteiger partial charge in [-0.15, -0.1) is 0 Å². The predicted octanol–water partition coefficient (Wildman–Crippen LogP) is 2.67. The quantitative estimate of drug-likeness (QED) is 0.314. The van der Waals surface area contributed by atoms with Crippen LogP contribution in [0.1, 0.15) is 16.8 Å². The van der Waals surface area contributed by atoms with E-state index < -0.39 is 10.9 Å². The summed E-state index contributed by atoms with van der Waals surface area (Å²) in [5, 5.41) is 13.5. The SMILES string of the molecule is COc1ccc(C(=O)OCCCNc2ccc([N+](=O)[O-])cn2)cc1OC. The Bertz CT molecular complexity index is 764. The van der Waals surface area contributed by atoms with Crippen molar-refractivity contribution in [1.29, 1.82) is 0 Å². The van der Waals surface area contributed by atoms with Crippen molar-refractivity contribution in [3.63, 3.8) is 0 Å². The summed E-state index contributed by atoms with van der Waals surface area (Å²) in [5.41, 5.74) is 0.298. The highest BCUT2D eigenvalue weighted by Crippen LogP contribution is 2.27. The molecule has 0 radical (unpaired) electrons. The molecule has 9 heteroatoms. The van der Waals surface area contributed by atoms with E-state index in [1.807, 2.05) is 0 Å². The van der Waals surface area contributed by atoms with E-state index in [4.69, 9.17) is 14.2 Å². The van der Waals surface area contributed by atoms with Crippen LogP contribution in [0.5, 0.6) is 11.5 Å². The van der Waals surface area contributed by atoms with Gasteiger partial charge >= 0.3 is 5.97 Å². The minimum atomic E-state index is -0.510. The molecule has 26 heavy (non-hydrogen) atoms. The van der Waals surface area contributed by atoms with Gasteiger partial charge in [-0.1, -0.05) is 0 Å². The zero-order valence-corrected chi connectivity index (χ0v) is 14.4. The predicted molar refractivity (Wildman–Crippen MR) is 93.8 cm³/mol. The van der Waals surface area contributed by atoms with Crippen molar-refractivity contribution < 1.29 is 23.9 Å². The molecule has 1 aromatic carbocycles. The fraction of sp³-hybridized carbons (Fsp3) is 0.294. The Labute approximate surface area is 150 Å². The van der Waals surface area contributed by atoms with E-state index in [9.17, 15) is 14.9 Å². The molecule has 0 fully saturated rings. The third-order valence-electron chi connectivity index (χ3n) is 3.44. The number of methoxy groups -OCH3 is 2. The molecule has 0 unspecified atom stereocenters. The second-order valence-electron chi connectivity index (χ2n) is 5.14. The summed E-state index contributed by atoms with van der Waals surface area (Å²) in [6, 6.07) is 7.68. The lowest BCUT2D eigenvalue weighted by atomic mass is 10.2. The second kappa shape index (κ2) is 9.21. The minimum Gasteiger partial charge on any atom is -0.493 e. The van der Waals surface area contributed by atoms with Crippen LogP contribution in [0.15, 0.2) is 36.5 Å². The van der Waals surface area contributed by atoms with Gasteiger partial charge in [0.2, 0.25) is 0 Å². The number of aromatic nitrogens is 1. The van der Waals surface area contributed by atoms with Crippen LogP contribution in [0, 0.1) is 10.1 Å². The first-order valence-electron chi connectivity index (χ1n) is 7.78. The number of nitrogens with one attached hydrogen (secondary N) is 1. The van der Waals surface area contributed by atoms with Gasteiger partial charge in [0.25, 0.3) is 5.69 Å². The Morgan fingerprint density at radius 1 is 1.19 bits per heavy atom. The normalized spacial score (nSPS) is 10.1. The van der Waals surface area contributed by atoms with Gasteiger partial charge in [0, 0.05) is 12.6 Å². The molecule has 0 aliphatic carbocycles. The molecule has 0 bridgehead atoms. The van der Waals surface area contributed by atoms with E-state index in [1.165, 1.54) is 32.5 Å². The number of pyridine rings is 1. The van der Waals surface area contributed by atoms with Crippen molar-refractivity contribution in [2.24, 2.45) is 0 Å². The van der Waals surface area contributed by atoms with E-state index >= 15 is 0 Å².